The predicted molar refractivity (Wildman–Crippen MR) is 85.5 cm³/mol. The highest BCUT2D eigenvalue weighted by atomic mass is 79.9. The van der Waals surface area contributed by atoms with Crippen molar-refractivity contribution >= 4 is 34.2 Å². The highest BCUT2D eigenvalue weighted by Gasteiger charge is 2.20. The molecule has 1 aliphatic rings. The van der Waals surface area contributed by atoms with E-state index in [1.165, 1.54) is 0 Å². The summed E-state index contributed by atoms with van der Waals surface area (Å²) in [5.41, 5.74) is 0. The van der Waals surface area contributed by atoms with Crippen LogP contribution in [-0.2, 0) is 4.79 Å². The second-order valence-electron chi connectivity index (χ2n) is 4.75. The summed E-state index contributed by atoms with van der Waals surface area (Å²) in [4.78, 5) is 12.0. The van der Waals surface area contributed by atoms with E-state index in [1.807, 2.05) is 24.3 Å². The van der Waals surface area contributed by atoms with Gasteiger partial charge in [-0.3, -0.25) is 4.79 Å². The summed E-state index contributed by atoms with van der Waals surface area (Å²) in [6.07, 6.45) is 1.49. The minimum atomic E-state index is -0.476. The normalized spacial score (nSPS) is 16.9. The summed E-state index contributed by atoms with van der Waals surface area (Å²) in [6.45, 7) is 3.71. The molecule has 1 aromatic carbocycles. The van der Waals surface area contributed by atoms with Gasteiger partial charge in [0.15, 0.2) is 6.10 Å². The molecule has 0 spiro atoms. The molecule has 0 bridgehead atoms. The van der Waals surface area contributed by atoms with E-state index in [0.29, 0.717) is 5.75 Å². The lowest BCUT2D eigenvalue weighted by atomic mass is 10.1. The first-order valence-corrected chi connectivity index (χ1v) is 7.38. The predicted octanol–water partition coefficient (Wildman–Crippen LogP) is 2.51. The smallest absolute Gasteiger partial charge is 0.260 e. The van der Waals surface area contributed by atoms with Crippen LogP contribution in [0, 0.1) is 0 Å². The molecular formula is C14H20BrClN2O2. The van der Waals surface area contributed by atoms with Gasteiger partial charge in [0.2, 0.25) is 0 Å². The fraction of sp³-hybridized carbons (Fsp3) is 0.500. The Morgan fingerprint density at radius 1 is 1.35 bits per heavy atom. The van der Waals surface area contributed by atoms with Crippen LogP contribution in [0.4, 0.5) is 0 Å². The molecule has 6 heteroatoms. The fourth-order valence-corrected chi connectivity index (χ4v) is 2.32. The van der Waals surface area contributed by atoms with Gasteiger partial charge in [0.05, 0.1) is 0 Å². The Kier molecular flexibility index (Phi) is 7.34. The lowest BCUT2D eigenvalue weighted by Gasteiger charge is -2.25. The maximum Gasteiger partial charge on any atom is 0.260 e. The molecule has 1 aromatic rings. The first-order chi connectivity index (χ1) is 9.15. The number of rotatable bonds is 4. The van der Waals surface area contributed by atoms with Crippen molar-refractivity contribution in [2.75, 3.05) is 13.1 Å². The van der Waals surface area contributed by atoms with E-state index in [-0.39, 0.29) is 24.4 Å². The second kappa shape index (κ2) is 8.49. The Labute approximate surface area is 134 Å². The van der Waals surface area contributed by atoms with Gasteiger partial charge < -0.3 is 15.4 Å². The van der Waals surface area contributed by atoms with Crippen molar-refractivity contribution in [2.45, 2.75) is 31.9 Å². The lowest BCUT2D eigenvalue weighted by molar-refractivity contribution is -0.128. The van der Waals surface area contributed by atoms with Crippen LogP contribution in [0.25, 0.3) is 0 Å². The van der Waals surface area contributed by atoms with E-state index >= 15 is 0 Å². The summed E-state index contributed by atoms with van der Waals surface area (Å²) in [5.74, 6) is 0.658. The third kappa shape index (κ3) is 5.31. The summed E-state index contributed by atoms with van der Waals surface area (Å²) >= 11 is 3.37. The largest absolute Gasteiger partial charge is 0.481 e. The van der Waals surface area contributed by atoms with Gasteiger partial charge in [-0.2, -0.15) is 0 Å². The van der Waals surface area contributed by atoms with E-state index in [2.05, 4.69) is 26.6 Å². The first kappa shape index (κ1) is 17.3. The highest BCUT2D eigenvalue weighted by Crippen LogP contribution is 2.17. The summed E-state index contributed by atoms with van der Waals surface area (Å²) in [7, 11) is 0. The van der Waals surface area contributed by atoms with Gasteiger partial charge >= 0.3 is 0 Å². The molecule has 2 N–H and O–H groups in total. The summed E-state index contributed by atoms with van der Waals surface area (Å²) < 4.78 is 6.62. The highest BCUT2D eigenvalue weighted by molar-refractivity contribution is 9.10. The van der Waals surface area contributed by atoms with Crippen LogP contribution in [0.15, 0.2) is 28.7 Å². The van der Waals surface area contributed by atoms with Crippen LogP contribution in [0.2, 0.25) is 0 Å². The molecule has 1 aliphatic heterocycles. The fourth-order valence-electron chi connectivity index (χ4n) is 2.06. The van der Waals surface area contributed by atoms with Crippen molar-refractivity contribution in [3.63, 3.8) is 0 Å². The Morgan fingerprint density at radius 3 is 2.55 bits per heavy atom. The van der Waals surface area contributed by atoms with E-state index in [4.69, 9.17) is 4.74 Å². The molecule has 0 aromatic heterocycles. The molecule has 1 saturated heterocycles. The lowest BCUT2D eigenvalue weighted by Crippen LogP contribution is -2.46. The number of amides is 1. The molecule has 1 fully saturated rings. The SMILES string of the molecule is CC(Oc1ccc(Br)cc1)C(=O)NC1CCNCC1.Cl. The maximum atomic E-state index is 12.0. The molecule has 0 aliphatic carbocycles. The van der Waals surface area contributed by atoms with Crippen molar-refractivity contribution in [3.05, 3.63) is 28.7 Å². The summed E-state index contributed by atoms with van der Waals surface area (Å²) in [5, 5.41) is 6.31. The number of hydrogen-bond acceptors (Lipinski definition) is 3. The van der Waals surface area contributed by atoms with Crippen LogP contribution in [0.1, 0.15) is 19.8 Å². The third-order valence-corrected chi connectivity index (χ3v) is 3.71. The van der Waals surface area contributed by atoms with Gasteiger partial charge in [0.1, 0.15) is 5.75 Å². The molecule has 20 heavy (non-hydrogen) atoms. The van der Waals surface area contributed by atoms with E-state index in [0.717, 1.165) is 30.4 Å². The van der Waals surface area contributed by atoms with Crippen LogP contribution in [0.5, 0.6) is 5.75 Å². The molecule has 1 amide bonds. The number of ether oxygens (including phenoxy) is 1. The minimum Gasteiger partial charge on any atom is -0.481 e. The monoisotopic (exact) mass is 362 g/mol. The van der Waals surface area contributed by atoms with Crippen LogP contribution < -0.4 is 15.4 Å². The van der Waals surface area contributed by atoms with Gasteiger partial charge in [0, 0.05) is 10.5 Å². The van der Waals surface area contributed by atoms with Crippen molar-refractivity contribution in [3.8, 4) is 5.75 Å². The molecule has 0 radical (unpaired) electrons. The first-order valence-electron chi connectivity index (χ1n) is 6.58. The Bertz CT molecular complexity index is 422. The summed E-state index contributed by atoms with van der Waals surface area (Å²) in [6, 6.07) is 7.75. The van der Waals surface area contributed by atoms with E-state index < -0.39 is 6.10 Å². The Morgan fingerprint density at radius 2 is 1.95 bits per heavy atom. The zero-order chi connectivity index (χ0) is 13.7. The number of halogens is 2. The zero-order valence-corrected chi connectivity index (χ0v) is 13.8. The minimum absolute atomic E-state index is 0. The number of hydrogen-bond donors (Lipinski definition) is 2. The Hall–Kier alpha value is -0.780. The van der Waals surface area contributed by atoms with Crippen molar-refractivity contribution in [1.82, 2.24) is 10.6 Å². The third-order valence-electron chi connectivity index (χ3n) is 3.18. The zero-order valence-electron chi connectivity index (χ0n) is 11.4. The molecule has 0 saturated carbocycles. The van der Waals surface area contributed by atoms with Gasteiger partial charge in [-0.15, -0.1) is 12.4 Å². The average Bonchev–Trinajstić information content (AvgIpc) is 2.42. The number of carbonyl (C=O) groups excluding carboxylic acids is 1. The van der Waals surface area contributed by atoms with Gasteiger partial charge in [-0.25, -0.2) is 0 Å². The van der Waals surface area contributed by atoms with Crippen LogP contribution in [0.3, 0.4) is 0 Å². The molecule has 1 heterocycles. The number of benzene rings is 1. The van der Waals surface area contributed by atoms with E-state index in [9.17, 15) is 4.79 Å². The molecule has 1 atom stereocenters. The van der Waals surface area contributed by atoms with Gasteiger partial charge in [-0.05, 0) is 57.1 Å². The van der Waals surface area contributed by atoms with Crippen LogP contribution in [-0.4, -0.2) is 31.1 Å². The number of carbonyl (C=O) groups is 1. The molecule has 1 unspecified atom stereocenters. The second-order valence-corrected chi connectivity index (χ2v) is 5.66. The molecular weight excluding hydrogens is 344 g/mol. The molecule has 4 nitrogen and oxygen atoms in total. The Balaban J connectivity index is 0.00000200. The van der Waals surface area contributed by atoms with Crippen molar-refractivity contribution < 1.29 is 9.53 Å². The van der Waals surface area contributed by atoms with Crippen molar-refractivity contribution in [1.29, 1.82) is 0 Å². The van der Waals surface area contributed by atoms with Crippen LogP contribution >= 0.6 is 28.3 Å². The molecule has 2 rings (SSSR count). The number of nitrogens with one attached hydrogen (secondary N) is 2. The quantitative estimate of drug-likeness (QED) is 0.864. The number of piperidine rings is 1. The maximum absolute atomic E-state index is 12.0. The van der Waals surface area contributed by atoms with Gasteiger partial charge in [0.25, 0.3) is 5.91 Å². The standard InChI is InChI=1S/C14H19BrN2O2.ClH/c1-10(19-13-4-2-11(15)3-5-13)14(18)17-12-6-8-16-9-7-12;/h2-5,10,12,16H,6-9H2,1H3,(H,17,18);1H. The van der Waals surface area contributed by atoms with E-state index in [1.54, 1.807) is 6.92 Å². The topological polar surface area (TPSA) is 50.4 Å². The molecule has 112 valence electrons. The average molecular weight is 364 g/mol. The van der Waals surface area contributed by atoms with Crippen molar-refractivity contribution in [2.24, 2.45) is 0 Å². The van der Waals surface area contributed by atoms with Gasteiger partial charge in [-0.1, -0.05) is 15.9 Å².